The Labute approximate surface area is 186 Å². The smallest absolute Gasteiger partial charge is 0.213 e. The minimum absolute atomic E-state index is 0. The molecule has 0 aliphatic carbocycles. The van der Waals surface area contributed by atoms with Crippen molar-refractivity contribution >= 4 is 40.0 Å². The highest BCUT2D eigenvalue weighted by atomic mass is 127. The Balaban J connectivity index is 0.00000392. The predicted octanol–water partition coefficient (Wildman–Crippen LogP) is 2.19. The van der Waals surface area contributed by atoms with Crippen molar-refractivity contribution in [3.63, 3.8) is 0 Å². The Hall–Kier alpha value is -0.910. The molecule has 1 aliphatic rings. The maximum absolute atomic E-state index is 12.2. The van der Waals surface area contributed by atoms with Gasteiger partial charge in [0, 0.05) is 32.8 Å². The highest BCUT2D eigenvalue weighted by Gasteiger charge is 2.21. The first-order chi connectivity index (χ1) is 13.0. The van der Waals surface area contributed by atoms with E-state index in [1.807, 2.05) is 44.2 Å². The SMILES string of the molecule is CCNC(=NCCS(=O)(=O)NCc1ccccc1)N1CCC(OCC)CC1.I. The molecule has 160 valence electrons. The van der Waals surface area contributed by atoms with Gasteiger partial charge in [0.2, 0.25) is 10.0 Å². The summed E-state index contributed by atoms with van der Waals surface area (Å²) in [5.74, 6) is 0.759. The lowest BCUT2D eigenvalue weighted by Gasteiger charge is -2.34. The predicted molar refractivity (Wildman–Crippen MR) is 125 cm³/mol. The molecule has 1 aliphatic heterocycles. The number of hydrogen-bond acceptors (Lipinski definition) is 4. The molecule has 1 fully saturated rings. The summed E-state index contributed by atoms with van der Waals surface area (Å²) in [6.45, 7) is 7.81. The van der Waals surface area contributed by atoms with Gasteiger partial charge in [-0.3, -0.25) is 4.99 Å². The minimum Gasteiger partial charge on any atom is -0.378 e. The van der Waals surface area contributed by atoms with Gasteiger partial charge in [0.05, 0.1) is 18.4 Å². The van der Waals surface area contributed by atoms with Gasteiger partial charge in [0.15, 0.2) is 5.96 Å². The van der Waals surface area contributed by atoms with Crippen LogP contribution in [0.3, 0.4) is 0 Å². The van der Waals surface area contributed by atoms with E-state index in [0.29, 0.717) is 12.6 Å². The van der Waals surface area contributed by atoms with Crippen LogP contribution in [0.5, 0.6) is 0 Å². The molecule has 1 aromatic rings. The molecule has 0 amide bonds. The molecule has 0 unspecified atom stereocenters. The fourth-order valence-corrected chi connectivity index (χ4v) is 3.89. The molecular formula is C19H33IN4O3S. The van der Waals surface area contributed by atoms with Crippen LogP contribution >= 0.6 is 24.0 Å². The van der Waals surface area contributed by atoms with E-state index in [-0.39, 0.29) is 36.3 Å². The van der Waals surface area contributed by atoms with E-state index in [4.69, 9.17) is 4.74 Å². The molecule has 0 saturated carbocycles. The molecule has 7 nitrogen and oxygen atoms in total. The Morgan fingerprint density at radius 3 is 2.50 bits per heavy atom. The summed E-state index contributed by atoms with van der Waals surface area (Å²) in [6.07, 6.45) is 2.25. The molecule has 1 heterocycles. The Bertz CT molecular complexity index is 678. The summed E-state index contributed by atoms with van der Waals surface area (Å²) in [5.41, 5.74) is 0.940. The van der Waals surface area contributed by atoms with Gasteiger partial charge in [-0.2, -0.15) is 0 Å². The van der Waals surface area contributed by atoms with E-state index < -0.39 is 10.0 Å². The summed E-state index contributed by atoms with van der Waals surface area (Å²) in [4.78, 5) is 6.70. The maximum atomic E-state index is 12.2. The molecule has 1 saturated heterocycles. The summed E-state index contributed by atoms with van der Waals surface area (Å²) in [5, 5.41) is 3.26. The van der Waals surface area contributed by atoms with E-state index in [2.05, 4.69) is 19.9 Å². The quantitative estimate of drug-likeness (QED) is 0.294. The van der Waals surface area contributed by atoms with Crippen LogP contribution in [0.2, 0.25) is 0 Å². The largest absolute Gasteiger partial charge is 0.378 e. The van der Waals surface area contributed by atoms with Gasteiger partial charge in [0.25, 0.3) is 0 Å². The average molecular weight is 524 g/mol. The lowest BCUT2D eigenvalue weighted by Crippen LogP contribution is -2.47. The topological polar surface area (TPSA) is 83.0 Å². The highest BCUT2D eigenvalue weighted by molar-refractivity contribution is 14.0. The minimum atomic E-state index is -3.36. The van der Waals surface area contributed by atoms with E-state index in [1.54, 1.807) is 0 Å². The van der Waals surface area contributed by atoms with Gasteiger partial charge in [-0.25, -0.2) is 13.1 Å². The number of nitrogens with one attached hydrogen (secondary N) is 2. The number of aliphatic imine (C=N–C) groups is 1. The first kappa shape index (κ1) is 25.1. The maximum Gasteiger partial charge on any atom is 0.213 e. The van der Waals surface area contributed by atoms with E-state index in [1.165, 1.54) is 0 Å². The first-order valence-electron chi connectivity index (χ1n) is 9.70. The molecule has 0 bridgehead atoms. The molecule has 0 spiro atoms. The summed E-state index contributed by atoms with van der Waals surface area (Å²) >= 11 is 0. The number of likely N-dealkylation sites (tertiary alicyclic amines) is 1. The fraction of sp³-hybridized carbons (Fsp3) is 0.632. The van der Waals surface area contributed by atoms with Gasteiger partial charge < -0.3 is 15.0 Å². The van der Waals surface area contributed by atoms with Crippen LogP contribution in [-0.4, -0.2) is 63.9 Å². The number of guanidine groups is 1. The molecule has 2 rings (SSSR count). The van der Waals surface area contributed by atoms with Crippen LogP contribution in [0.4, 0.5) is 0 Å². The third kappa shape index (κ3) is 9.06. The molecule has 28 heavy (non-hydrogen) atoms. The number of ether oxygens (including phenoxy) is 1. The van der Waals surface area contributed by atoms with E-state index in [9.17, 15) is 8.42 Å². The molecular weight excluding hydrogens is 491 g/mol. The van der Waals surface area contributed by atoms with Gasteiger partial charge in [-0.15, -0.1) is 24.0 Å². The van der Waals surface area contributed by atoms with Crippen molar-refractivity contribution in [1.82, 2.24) is 14.9 Å². The van der Waals surface area contributed by atoms with Crippen LogP contribution < -0.4 is 10.0 Å². The monoisotopic (exact) mass is 524 g/mol. The van der Waals surface area contributed by atoms with Crippen molar-refractivity contribution in [3.05, 3.63) is 35.9 Å². The van der Waals surface area contributed by atoms with Crippen LogP contribution in [-0.2, 0) is 21.3 Å². The molecule has 2 N–H and O–H groups in total. The van der Waals surface area contributed by atoms with E-state index >= 15 is 0 Å². The van der Waals surface area contributed by atoms with Crippen molar-refractivity contribution in [2.24, 2.45) is 4.99 Å². The Kier molecular flexibility index (Phi) is 12.0. The third-order valence-corrected chi connectivity index (χ3v) is 5.74. The third-order valence-electron chi connectivity index (χ3n) is 4.44. The number of halogens is 1. The Morgan fingerprint density at radius 1 is 1.21 bits per heavy atom. The molecule has 0 atom stereocenters. The summed E-state index contributed by atoms with van der Waals surface area (Å²) in [6, 6.07) is 9.49. The number of rotatable bonds is 9. The van der Waals surface area contributed by atoms with E-state index in [0.717, 1.165) is 50.6 Å². The van der Waals surface area contributed by atoms with Crippen molar-refractivity contribution in [1.29, 1.82) is 0 Å². The van der Waals surface area contributed by atoms with Crippen LogP contribution in [0.15, 0.2) is 35.3 Å². The zero-order chi connectivity index (χ0) is 19.5. The van der Waals surface area contributed by atoms with Gasteiger partial charge in [0.1, 0.15) is 0 Å². The Morgan fingerprint density at radius 2 is 1.89 bits per heavy atom. The number of benzene rings is 1. The second-order valence-electron chi connectivity index (χ2n) is 6.50. The van der Waals surface area contributed by atoms with Crippen LogP contribution in [0, 0.1) is 0 Å². The second kappa shape index (κ2) is 13.3. The lowest BCUT2D eigenvalue weighted by atomic mass is 10.1. The number of sulfonamides is 1. The number of nitrogens with zero attached hydrogens (tertiary/aromatic N) is 2. The zero-order valence-electron chi connectivity index (χ0n) is 16.8. The number of hydrogen-bond donors (Lipinski definition) is 2. The standard InChI is InChI=1S/C19H32N4O3S.HI/c1-3-20-19(23-13-10-18(11-14-23)26-4-2)21-12-15-27(24,25)22-16-17-8-6-5-7-9-17;/h5-9,18,22H,3-4,10-16H2,1-2H3,(H,20,21);1H. The van der Waals surface area contributed by atoms with Crippen molar-refractivity contribution in [3.8, 4) is 0 Å². The second-order valence-corrected chi connectivity index (χ2v) is 8.43. The van der Waals surface area contributed by atoms with Crippen molar-refractivity contribution in [2.75, 3.05) is 38.5 Å². The fourth-order valence-electron chi connectivity index (χ4n) is 3.03. The van der Waals surface area contributed by atoms with Crippen LogP contribution in [0.25, 0.3) is 0 Å². The summed E-state index contributed by atoms with van der Waals surface area (Å²) in [7, 11) is -3.36. The highest BCUT2D eigenvalue weighted by Crippen LogP contribution is 2.13. The van der Waals surface area contributed by atoms with Gasteiger partial charge >= 0.3 is 0 Å². The summed E-state index contributed by atoms with van der Waals surface area (Å²) < 4.78 is 32.7. The first-order valence-corrected chi connectivity index (χ1v) is 11.4. The van der Waals surface area contributed by atoms with Gasteiger partial charge in [-0.1, -0.05) is 30.3 Å². The van der Waals surface area contributed by atoms with Crippen molar-refractivity contribution in [2.45, 2.75) is 39.3 Å². The van der Waals surface area contributed by atoms with Crippen molar-refractivity contribution < 1.29 is 13.2 Å². The lowest BCUT2D eigenvalue weighted by molar-refractivity contribution is 0.0264. The molecule has 0 radical (unpaired) electrons. The molecule has 9 heteroatoms. The average Bonchev–Trinajstić information content (AvgIpc) is 2.68. The van der Waals surface area contributed by atoms with Gasteiger partial charge in [-0.05, 0) is 32.3 Å². The molecule has 0 aromatic heterocycles. The number of piperidine rings is 1. The molecule has 1 aromatic carbocycles. The van der Waals surface area contributed by atoms with Crippen LogP contribution in [0.1, 0.15) is 32.3 Å². The zero-order valence-corrected chi connectivity index (χ0v) is 19.9. The normalized spacial score (nSPS) is 15.9.